The van der Waals surface area contributed by atoms with E-state index < -0.39 is 17.7 Å². The lowest BCUT2D eigenvalue weighted by Gasteiger charge is -2.10. The van der Waals surface area contributed by atoms with Gasteiger partial charge in [-0.1, -0.05) is 12.1 Å². The fourth-order valence-corrected chi connectivity index (χ4v) is 2.52. The molecule has 0 radical (unpaired) electrons. The van der Waals surface area contributed by atoms with Gasteiger partial charge in [0.05, 0.1) is 17.9 Å². The highest BCUT2D eigenvalue weighted by atomic mass is 19.1. The van der Waals surface area contributed by atoms with Crippen LogP contribution in [0.4, 0.5) is 21.7 Å². The lowest BCUT2D eigenvalue weighted by atomic mass is 10.2. The Balaban J connectivity index is 1.76. The van der Waals surface area contributed by atoms with Crippen LogP contribution in [0.1, 0.15) is 33.5 Å². The van der Waals surface area contributed by atoms with Gasteiger partial charge in [0.15, 0.2) is 0 Å². The second-order valence-corrected chi connectivity index (χ2v) is 6.07. The SMILES string of the molecule is CCOC(=O)c1ccc(Nc2nc(C)cc(C(=O)Nc3ccccc3F)n2)cc1. The molecule has 29 heavy (non-hydrogen) atoms. The Labute approximate surface area is 167 Å². The molecule has 1 aromatic heterocycles. The van der Waals surface area contributed by atoms with Crippen LogP contribution in [0.3, 0.4) is 0 Å². The van der Waals surface area contributed by atoms with Crippen molar-refractivity contribution in [1.29, 1.82) is 0 Å². The van der Waals surface area contributed by atoms with Gasteiger partial charge in [-0.25, -0.2) is 19.2 Å². The number of aromatic nitrogens is 2. The van der Waals surface area contributed by atoms with Crippen LogP contribution in [0.15, 0.2) is 54.6 Å². The van der Waals surface area contributed by atoms with Crippen LogP contribution in [0.25, 0.3) is 0 Å². The number of rotatable bonds is 6. The maximum atomic E-state index is 13.8. The number of carbonyl (C=O) groups is 2. The van der Waals surface area contributed by atoms with Crippen molar-refractivity contribution >= 4 is 29.2 Å². The zero-order chi connectivity index (χ0) is 20.8. The van der Waals surface area contributed by atoms with Gasteiger partial charge in [0.2, 0.25) is 5.95 Å². The highest BCUT2D eigenvalue weighted by Crippen LogP contribution is 2.17. The Morgan fingerprint density at radius 1 is 1.07 bits per heavy atom. The third kappa shape index (κ3) is 5.13. The summed E-state index contributed by atoms with van der Waals surface area (Å²) >= 11 is 0. The summed E-state index contributed by atoms with van der Waals surface area (Å²) in [6.45, 7) is 3.76. The molecule has 0 fully saturated rings. The minimum absolute atomic E-state index is 0.0674. The van der Waals surface area contributed by atoms with Crippen molar-refractivity contribution in [3.63, 3.8) is 0 Å². The first kappa shape index (κ1) is 19.9. The Bertz CT molecular complexity index is 1040. The fraction of sp³-hybridized carbons (Fsp3) is 0.143. The number of hydrogen-bond acceptors (Lipinski definition) is 6. The van der Waals surface area contributed by atoms with Crippen molar-refractivity contribution in [3.05, 3.63) is 77.4 Å². The number of anilines is 3. The zero-order valence-electron chi connectivity index (χ0n) is 15.9. The average molecular weight is 394 g/mol. The van der Waals surface area contributed by atoms with E-state index in [2.05, 4.69) is 20.6 Å². The molecule has 1 heterocycles. The van der Waals surface area contributed by atoms with Crippen molar-refractivity contribution in [2.45, 2.75) is 13.8 Å². The van der Waals surface area contributed by atoms with Gasteiger partial charge in [0.1, 0.15) is 11.5 Å². The zero-order valence-corrected chi connectivity index (χ0v) is 15.9. The first-order chi connectivity index (χ1) is 14.0. The number of para-hydroxylation sites is 1. The summed E-state index contributed by atoms with van der Waals surface area (Å²) in [5.41, 5.74) is 1.77. The quantitative estimate of drug-likeness (QED) is 0.612. The lowest BCUT2D eigenvalue weighted by molar-refractivity contribution is 0.0526. The molecule has 148 valence electrons. The Morgan fingerprint density at radius 3 is 2.48 bits per heavy atom. The summed E-state index contributed by atoms with van der Waals surface area (Å²) in [4.78, 5) is 32.6. The van der Waals surface area contributed by atoms with Gasteiger partial charge in [-0.2, -0.15) is 0 Å². The third-order valence-electron chi connectivity index (χ3n) is 3.86. The van der Waals surface area contributed by atoms with Crippen molar-refractivity contribution < 1.29 is 18.7 Å². The fourth-order valence-electron chi connectivity index (χ4n) is 2.52. The molecule has 0 aliphatic rings. The number of carbonyl (C=O) groups excluding carboxylic acids is 2. The number of benzene rings is 2. The number of amides is 1. The van der Waals surface area contributed by atoms with Gasteiger partial charge in [-0.05, 0) is 56.3 Å². The number of hydrogen-bond donors (Lipinski definition) is 2. The average Bonchev–Trinajstić information content (AvgIpc) is 2.70. The van der Waals surface area contributed by atoms with E-state index in [1.54, 1.807) is 44.2 Å². The van der Waals surface area contributed by atoms with Crippen LogP contribution in [-0.4, -0.2) is 28.5 Å². The number of nitrogens with zero attached hydrogens (tertiary/aromatic N) is 2. The van der Waals surface area contributed by atoms with Crippen LogP contribution in [0.2, 0.25) is 0 Å². The van der Waals surface area contributed by atoms with Gasteiger partial charge < -0.3 is 15.4 Å². The van der Waals surface area contributed by atoms with E-state index in [4.69, 9.17) is 4.74 Å². The van der Waals surface area contributed by atoms with Crippen LogP contribution in [-0.2, 0) is 4.74 Å². The maximum Gasteiger partial charge on any atom is 0.338 e. The predicted molar refractivity (Wildman–Crippen MR) is 107 cm³/mol. The molecular formula is C21H19FN4O3. The molecular weight excluding hydrogens is 375 g/mol. The van der Waals surface area contributed by atoms with E-state index >= 15 is 0 Å². The predicted octanol–water partition coefficient (Wildman–Crippen LogP) is 4.10. The number of ether oxygens (including phenoxy) is 1. The minimum Gasteiger partial charge on any atom is -0.462 e. The molecule has 3 aromatic rings. The molecule has 1 amide bonds. The van der Waals surface area contributed by atoms with E-state index in [9.17, 15) is 14.0 Å². The van der Waals surface area contributed by atoms with Gasteiger partial charge in [0.25, 0.3) is 5.91 Å². The van der Waals surface area contributed by atoms with Gasteiger partial charge in [-0.3, -0.25) is 4.79 Å². The molecule has 0 saturated heterocycles. The normalized spacial score (nSPS) is 10.3. The van der Waals surface area contributed by atoms with E-state index in [0.717, 1.165) is 0 Å². The van der Waals surface area contributed by atoms with Crippen LogP contribution < -0.4 is 10.6 Å². The number of aryl methyl sites for hydroxylation is 1. The third-order valence-corrected chi connectivity index (χ3v) is 3.86. The number of nitrogens with one attached hydrogen (secondary N) is 2. The second kappa shape index (κ2) is 8.92. The highest BCUT2D eigenvalue weighted by Gasteiger charge is 2.13. The lowest BCUT2D eigenvalue weighted by Crippen LogP contribution is -2.16. The van der Waals surface area contributed by atoms with Crippen molar-refractivity contribution in [1.82, 2.24) is 9.97 Å². The smallest absolute Gasteiger partial charge is 0.338 e. The van der Waals surface area contributed by atoms with Crippen molar-refractivity contribution in [2.75, 3.05) is 17.2 Å². The number of halogens is 1. The van der Waals surface area contributed by atoms with Crippen LogP contribution >= 0.6 is 0 Å². The Kier molecular flexibility index (Phi) is 6.13. The molecule has 2 aromatic carbocycles. The molecule has 0 aliphatic carbocycles. The summed E-state index contributed by atoms with van der Waals surface area (Å²) in [5.74, 6) is -1.29. The van der Waals surface area contributed by atoms with Crippen LogP contribution in [0, 0.1) is 12.7 Å². The summed E-state index contributed by atoms with van der Waals surface area (Å²) < 4.78 is 18.7. The van der Waals surface area contributed by atoms with E-state index in [-0.39, 0.29) is 17.3 Å². The van der Waals surface area contributed by atoms with Crippen molar-refractivity contribution in [3.8, 4) is 0 Å². The van der Waals surface area contributed by atoms with E-state index in [0.29, 0.717) is 23.6 Å². The Morgan fingerprint density at radius 2 is 1.79 bits per heavy atom. The molecule has 0 spiro atoms. The Hall–Kier alpha value is -3.81. The summed E-state index contributed by atoms with van der Waals surface area (Å²) in [5, 5.41) is 5.48. The summed E-state index contributed by atoms with van der Waals surface area (Å²) in [7, 11) is 0. The first-order valence-corrected chi connectivity index (χ1v) is 8.92. The summed E-state index contributed by atoms with van der Waals surface area (Å²) in [6, 6.07) is 14.0. The van der Waals surface area contributed by atoms with Gasteiger partial charge in [-0.15, -0.1) is 0 Å². The highest BCUT2D eigenvalue weighted by molar-refractivity contribution is 6.03. The van der Waals surface area contributed by atoms with Crippen LogP contribution in [0.5, 0.6) is 0 Å². The monoisotopic (exact) mass is 394 g/mol. The molecule has 0 atom stereocenters. The van der Waals surface area contributed by atoms with Gasteiger partial charge in [0, 0.05) is 11.4 Å². The molecule has 8 heteroatoms. The standard InChI is InChI=1S/C21H19FN4O3/c1-3-29-20(28)14-8-10-15(11-9-14)24-21-23-13(2)12-18(26-21)19(27)25-17-7-5-4-6-16(17)22/h4-12H,3H2,1-2H3,(H,25,27)(H,23,24,26). The molecule has 7 nitrogen and oxygen atoms in total. The molecule has 0 saturated carbocycles. The summed E-state index contributed by atoms with van der Waals surface area (Å²) in [6.07, 6.45) is 0. The molecule has 0 unspecified atom stereocenters. The largest absolute Gasteiger partial charge is 0.462 e. The number of esters is 1. The second-order valence-electron chi connectivity index (χ2n) is 6.07. The van der Waals surface area contributed by atoms with E-state index in [1.165, 1.54) is 24.3 Å². The molecule has 0 bridgehead atoms. The maximum absolute atomic E-state index is 13.8. The first-order valence-electron chi connectivity index (χ1n) is 8.92. The molecule has 3 rings (SSSR count). The molecule has 2 N–H and O–H groups in total. The van der Waals surface area contributed by atoms with E-state index in [1.807, 2.05) is 0 Å². The minimum atomic E-state index is -0.554. The topological polar surface area (TPSA) is 93.2 Å². The van der Waals surface area contributed by atoms with Crippen molar-refractivity contribution in [2.24, 2.45) is 0 Å². The molecule has 0 aliphatic heterocycles. The van der Waals surface area contributed by atoms with Gasteiger partial charge >= 0.3 is 5.97 Å².